The van der Waals surface area contributed by atoms with Crippen LogP contribution >= 0.6 is 15.9 Å². The van der Waals surface area contributed by atoms with Crippen molar-refractivity contribution in [1.29, 1.82) is 0 Å². The molecule has 0 aliphatic carbocycles. The van der Waals surface area contributed by atoms with Crippen molar-refractivity contribution in [3.05, 3.63) is 28.2 Å². The van der Waals surface area contributed by atoms with Gasteiger partial charge in [0.05, 0.1) is 18.3 Å². The number of nitrogens with two attached hydrogens (primary N) is 1. The van der Waals surface area contributed by atoms with Gasteiger partial charge in [0.2, 0.25) is 0 Å². The van der Waals surface area contributed by atoms with Crippen molar-refractivity contribution in [2.24, 2.45) is 0 Å². The molecule has 1 saturated heterocycles. The van der Waals surface area contributed by atoms with Crippen LogP contribution in [0.4, 0.5) is 5.69 Å². The molecule has 1 atom stereocenters. The molecular formula is C15H21BrN2O3. The van der Waals surface area contributed by atoms with Crippen LogP contribution in [0.15, 0.2) is 22.7 Å². The van der Waals surface area contributed by atoms with Gasteiger partial charge >= 0.3 is 0 Å². The van der Waals surface area contributed by atoms with E-state index in [2.05, 4.69) is 21.2 Å². The lowest BCUT2D eigenvalue weighted by Gasteiger charge is -2.11. The molecule has 1 aromatic rings. The van der Waals surface area contributed by atoms with Gasteiger partial charge in [0, 0.05) is 29.9 Å². The average molecular weight is 357 g/mol. The van der Waals surface area contributed by atoms with Gasteiger partial charge in [-0.05, 0) is 37.5 Å². The van der Waals surface area contributed by atoms with Crippen LogP contribution in [0.2, 0.25) is 0 Å². The summed E-state index contributed by atoms with van der Waals surface area (Å²) in [7, 11) is 0. The third-order valence-electron chi connectivity index (χ3n) is 3.34. The number of benzene rings is 1. The van der Waals surface area contributed by atoms with Crippen LogP contribution in [-0.4, -0.2) is 38.4 Å². The molecule has 0 radical (unpaired) electrons. The normalized spacial score (nSPS) is 17.9. The number of anilines is 1. The maximum Gasteiger partial charge on any atom is 0.253 e. The van der Waals surface area contributed by atoms with Gasteiger partial charge in [-0.25, -0.2) is 0 Å². The molecule has 0 aromatic heterocycles. The van der Waals surface area contributed by atoms with Crippen LogP contribution in [0.25, 0.3) is 0 Å². The third-order valence-corrected chi connectivity index (χ3v) is 3.83. The van der Waals surface area contributed by atoms with Crippen molar-refractivity contribution in [1.82, 2.24) is 5.32 Å². The molecule has 1 fully saturated rings. The average Bonchev–Trinajstić information content (AvgIpc) is 2.95. The van der Waals surface area contributed by atoms with Gasteiger partial charge in [0.15, 0.2) is 0 Å². The fourth-order valence-corrected chi connectivity index (χ4v) is 2.58. The zero-order chi connectivity index (χ0) is 15.1. The number of carbonyl (C=O) groups excluding carboxylic acids is 1. The summed E-state index contributed by atoms with van der Waals surface area (Å²) in [5.41, 5.74) is 6.78. The van der Waals surface area contributed by atoms with Gasteiger partial charge in [-0.1, -0.05) is 15.9 Å². The van der Waals surface area contributed by atoms with Gasteiger partial charge in [0.25, 0.3) is 5.91 Å². The predicted octanol–water partition coefficient (Wildman–Crippen LogP) is 2.35. The highest BCUT2D eigenvalue weighted by atomic mass is 79.9. The number of hydrogen-bond acceptors (Lipinski definition) is 4. The van der Waals surface area contributed by atoms with E-state index in [1.165, 1.54) is 0 Å². The number of nitrogens with one attached hydrogen (secondary N) is 1. The van der Waals surface area contributed by atoms with Crippen molar-refractivity contribution in [2.75, 3.05) is 32.1 Å². The predicted molar refractivity (Wildman–Crippen MR) is 85.3 cm³/mol. The first kappa shape index (κ1) is 16.3. The lowest BCUT2D eigenvalue weighted by molar-refractivity contribution is 0.0166. The highest BCUT2D eigenvalue weighted by molar-refractivity contribution is 9.10. The molecule has 6 heteroatoms. The second-order valence-electron chi connectivity index (χ2n) is 5.05. The molecule has 1 unspecified atom stereocenters. The highest BCUT2D eigenvalue weighted by Gasteiger charge is 2.15. The van der Waals surface area contributed by atoms with Gasteiger partial charge in [-0.2, -0.15) is 0 Å². The Kier molecular flexibility index (Phi) is 6.48. The molecular weight excluding hydrogens is 336 g/mol. The SMILES string of the molecule is Nc1cc(Br)ccc1C(=O)NCCCOCC1CCCO1. The molecule has 0 spiro atoms. The van der Waals surface area contributed by atoms with E-state index in [0.717, 1.165) is 30.3 Å². The first-order chi connectivity index (χ1) is 10.2. The van der Waals surface area contributed by atoms with E-state index < -0.39 is 0 Å². The zero-order valence-electron chi connectivity index (χ0n) is 11.9. The molecule has 1 heterocycles. The van der Waals surface area contributed by atoms with Crippen molar-refractivity contribution in [3.8, 4) is 0 Å². The minimum Gasteiger partial charge on any atom is -0.398 e. The Hall–Kier alpha value is -1.11. The summed E-state index contributed by atoms with van der Waals surface area (Å²) in [5, 5.41) is 2.84. The van der Waals surface area contributed by atoms with Crippen LogP contribution in [0, 0.1) is 0 Å². The first-order valence-electron chi connectivity index (χ1n) is 7.19. The molecule has 1 aliphatic heterocycles. The Morgan fingerprint density at radius 2 is 2.38 bits per heavy atom. The number of rotatable bonds is 7. The monoisotopic (exact) mass is 356 g/mol. The topological polar surface area (TPSA) is 73.6 Å². The zero-order valence-corrected chi connectivity index (χ0v) is 13.5. The van der Waals surface area contributed by atoms with Gasteiger partial charge in [-0.3, -0.25) is 4.79 Å². The lowest BCUT2D eigenvalue weighted by atomic mass is 10.1. The van der Waals surface area contributed by atoms with Crippen molar-refractivity contribution in [3.63, 3.8) is 0 Å². The number of ether oxygens (including phenoxy) is 2. The minimum absolute atomic E-state index is 0.154. The second-order valence-corrected chi connectivity index (χ2v) is 5.97. The number of halogens is 1. The van der Waals surface area contributed by atoms with Crippen LogP contribution in [0.3, 0.4) is 0 Å². The fourth-order valence-electron chi connectivity index (χ4n) is 2.20. The van der Waals surface area contributed by atoms with Crippen molar-refractivity contribution >= 4 is 27.5 Å². The quantitative estimate of drug-likeness (QED) is 0.580. The summed E-state index contributed by atoms with van der Waals surface area (Å²) in [6.07, 6.45) is 3.23. The van der Waals surface area contributed by atoms with E-state index in [9.17, 15) is 4.79 Å². The molecule has 116 valence electrons. The number of hydrogen-bond donors (Lipinski definition) is 2. The van der Waals surface area contributed by atoms with E-state index in [4.69, 9.17) is 15.2 Å². The van der Waals surface area contributed by atoms with E-state index in [0.29, 0.717) is 31.0 Å². The second kappa shape index (κ2) is 8.36. The molecule has 5 nitrogen and oxygen atoms in total. The van der Waals surface area contributed by atoms with Gasteiger partial charge in [0.1, 0.15) is 0 Å². The molecule has 0 saturated carbocycles. The maximum absolute atomic E-state index is 12.0. The summed E-state index contributed by atoms with van der Waals surface area (Å²) in [5.74, 6) is -0.154. The smallest absolute Gasteiger partial charge is 0.253 e. The first-order valence-corrected chi connectivity index (χ1v) is 7.98. The van der Waals surface area contributed by atoms with Crippen LogP contribution in [-0.2, 0) is 9.47 Å². The summed E-state index contributed by atoms with van der Waals surface area (Å²) < 4.78 is 11.9. The molecule has 0 bridgehead atoms. The Balaban J connectivity index is 1.60. The number of nitrogen functional groups attached to an aromatic ring is 1. The summed E-state index contributed by atoms with van der Waals surface area (Å²) in [4.78, 5) is 12.0. The number of amides is 1. The molecule has 1 amide bonds. The molecule has 2 rings (SSSR count). The Bertz CT molecular complexity index is 476. The van der Waals surface area contributed by atoms with Crippen molar-refractivity contribution < 1.29 is 14.3 Å². The van der Waals surface area contributed by atoms with Gasteiger partial charge in [-0.15, -0.1) is 0 Å². The van der Waals surface area contributed by atoms with E-state index in [1.54, 1.807) is 18.2 Å². The standard InChI is InChI=1S/C15H21BrN2O3/c16-11-4-5-13(14(17)9-11)15(19)18-6-2-7-20-10-12-3-1-8-21-12/h4-5,9,12H,1-3,6-8,10,17H2,(H,18,19). The maximum atomic E-state index is 12.0. The molecule has 1 aliphatic rings. The van der Waals surface area contributed by atoms with Crippen LogP contribution in [0.1, 0.15) is 29.6 Å². The van der Waals surface area contributed by atoms with E-state index >= 15 is 0 Å². The van der Waals surface area contributed by atoms with Crippen molar-refractivity contribution in [2.45, 2.75) is 25.4 Å². The Morgan fingerprint density at radius 1 is 1.52 bits per heavy atom. The largest absolute Gasteiger partial charge is 0.398 e. The molecule has 1 aromatic carbocycles. The van der Waals surface area contributed by atoms with Gasteiger partial charge < -0.3 is 20.5 Å². The molecule has 21 heavy (non-hydrogen) atoms. The summed E-state index contributed by atoms with van der Waals surface area (Å²) in [6.45, 7) is 2.68. The minimum atomic E-state index is -0.154. The summed E-state index contributed by atoms with van der Waals surface area (Å²) >= 11 is 3.32. The number of carbonyl (C=O) groups is 1. The molecule has 3 N–H and O–H groups in total. The summed E-state index contributed by atoms with van der Waals surface area (Å²) in [6, 6.07) is 5.23. The lowest BCUT2D eigenvalue weighted by Crippen LogP contribution is -2.26. The van der Waals surface area contributed by atoms with Crippen LogP contribution in [0.5, 0.6) is 0 Å². The van der Waals surface area contributed by atoms with E-state index in [-0.39, 0.29) is 12.0 Å². The van der Waals surface area contributed by atoms with Crippen LogP contribution < -0.4 is 11.1 Å². The third kappa shape index (κ3) is 5.30. The highest BCUT2D eigenvalue weighted by Crippen LogP contribution is 2.18. The Morgan fingerprint density at radius 3 is 3.10 bits per heavy atom. The van der Waals surface area contributed by atoms with E-state index in [1.807, 2.05) is 0 Å². The fraction of sp³-hybridized carbons (Fsp3) is 0.533. The Labute approximate surface area is 133 Å².